The van der Waals surface area contributed by atoms with Gasteiger partial charge in [0, 0.05) is 31.4 Å². The van der Waals surface area contributed by atoms with E-state index in [0.29, 0.717) is 6.04 Å². The van der Waals surface area contributed by atoms with Crippen LogP contribution in [0.25, 0.3) is 0 Å². The molecule has 1 unspecified atom stereocenters. The van der Waals surface area contributed by atoms with Crippen LogP contribution in [0, 0.1) is 6.92 Å². The summed E-state index contributed by atoms with van der Waals surface area (Å²) in [5, 5.41) is 3.53. The second kappa shape index (κ2) is 4.06. The second-order valence-electron chi connectivity index (χ2n) is 5.08. The highest BCUT2D eigenvalue weighted by molar-refractivity contribution is 5.36. The van der Waals surface area contributed by atoms with Crippen LogP contribution in [0.15, 0.2) is 18.3 Å². The maximum atomic E-state index is 4.40. The summed E-state index contributed by atoms with van der Waals surface area (Å²) in [6.45, 7) is 4.52. The molecule has 1 aliphatic heterocycles. The number of pyridine rings is 1. The Morgan fingerprint density at radius 1 is 1.31 bits per heavy atom. The third-order valence-electron chi connectivity index (χ3n) is 3.55. The van der Waals surface area contributed by atoms with Crippen LogP contribution >= 0.6 is 0 Å². The fraction of sp³-hybridized carbons (Fsp3) is 0.615. The van der Waals surface area contributed by atoms with Crippen molar-refractivity contribution >= 4 is 5.82 Å². The zero-order valence-electron chi connectivity index (χ0n) is 9.82. The van der Waals surface area contributed by atoms with Gasteiger partial charge in [-0.15, -0.1) is 0 Å². The van der Waals surface area contributed by atoms with Crippen molar-refractivity contribution in [3.8, 4) is 0 Å². The molecule has 3 nitrogen and oxygen atoms in total. The molecule has 1 saturated heterocycles. The molecule has 2 aliphatic rings. The average Bonchev–Trinajstić information content (AvgIpc) is 3.04. The van der Waals surface area contributed by atoms with Crippen molar-refractivity contribution in [2.45, 2.75) is 38.3 Å². The minimum absolute atomic E-state index is 0.593. The quantitative estimate of drug-likeness (QED) is 0.839. The van der Waals surface area contributed by atoms with Gasteiger partial charge in [-0.1, -0.05) is 6.07 Å². The number of hydrogen-bond acceptors (Lipinski definition) is 3. The number of aromatic nitrogens is 1. The molecule has 2 heterocycles. The molecule has 1 aromatic heterocycles. The van der Waals surface area contributed by atoms with Gasteiger partial charge < -0.3 is 5.32 Å². The molecule has 1 aliphatic carbocycles. The topological polar surface area (TPSA) is 28.2 Å². The van der Waals surface area contributed by atoms with Gasteiger partial charge in [0.05, 0.1) is 0 Å². The molecule has 1 aromatic rings. The van der Waals surface area contributed by atoms with Gasteiger partial charge in [0.2, 0.25) is 0 Å². The summed E-state index contributed by atoms with van der Waals surface area (Å²) in [5.41, 5.74) is 1.22. The van der Waals surface area contributed by atoms with E-state index < -0.39 is 0 Å². The van der Waals surface area contributed by atoms with E-state index >= 15 is 0 Å². The monoisotopic (exact) mass is 217 g/mol. The second-order valence-corrected chi connectivity index (χ2v) is 5.08. The standard InChI is InChI=1S/C13H19N3/c1-10-2-5-13(14-8-10)15-11-6-7-16(9-11)12-3-4-12/h2,5,8,11-12H,3-4,6-7,9H2,1H3,(H,14,15). The van der Waals surface area contributed by atoms with Crippen LogP contribution in [-0.4, -0.2) is 35.1 Å². The van der Waals surface area contributed by atoms with Crippen LogP contribution in [0.3, 0.4) is 0 Å². The highest BCUT2D eigenvalue weighted by Gasteiger charge is 2.34. The van der Waals surface area contributed by atoms with E-state index in [1.165, 1.54) is 37.9 Å². The van der Waals surface area contributed by atoms with Gasteiger partial charge in [-0.05, 0) is 37.8 Å². The summed E-state index contributed by atoms with van der Waals surface area (Å²) >= 11 is 0. The van der Waals surface area contributed by atoms with Gasteiger partial charge in [0.25, 0.3) is 0 Å². The first kappa shape index (κ1) is 10.1. The predicted octanol–water partition coefficient (Wildman–Crippen LogP) is 2.04. The zero-order chi connectivity index (χ0) is 11.0. The minimum atomic E-state index is 0.593. The highest BCUT2D eigenvalue weighted by atomic mass is 15.2. The first-order chi connectivity index (χ1) is 7.81. The molecule has 3 rings (SSSR count). The summed E-state index contributed by atoms with van der Waals surface area (Å²) in [6.07, 6.45) is 6.01. The van der Waals surface area contributed by atoms with Crippen molar-refractivity contribution in [3.63, 3.8) is 0 Å². The number of anilines is 1. The third kappa shape index (κ3) is 2.19. The van der Waals surface area contributed by atoms with Crippen molar-refractivity contribution in [2.75, 3.05) is 18.4 Å². The van der Waals surface area contributed by atoms with Gasteiger partial charge >= 0.3 is 0 Å². The van der Waals surface area contributed by atoms with Crippen molar-refractivity contribution in [1.82, 2.24) is 9.88 Å². The smallest absolute Gasteiger partial charge is 0.126 e. The summed E-state index contributed by atoms with van der Waals surface area (Å²) < 4.78 is 0. The van der Waals surface area contributed by atoms with Crippen LogP contribution in [0.5, 0.6) is 0 Å². The van der Waals surface area contributed by atoms with E-state index in [9.17, 15) is 0 Å². The Morgan fingerprint density at radius 2 is 2.19 bits per heavy atom. The fourth-order valence-corrected chi connectivity index (χ4v) is 2.44. The van der Waals surface area contributed by atoms with Gasteiger partial charge in [-0.3, -0.25) is 4.90 Å². The number of aryl methyl sites for hydroxylation is 1. The summed E-state index contributed by atoms with van der Waals surface area (Å²) in [6, 6.07) is 5.69. The first-order valence-electron chi connectivity index (χ1n) is 6.24. The number of nitrogens with zero attached hydrogens (tertiary/aromatic N) is 2. The van der Waals surface area contributed by atoms with Gasteiger partial charge in [-0.25, -0.2) is 4.98 Å². The molecular formula is C13H19N3. The molecular weight excluding hydrogens is 198 g/mol. The highest BCUT2D eigenvalue weighted by Crippen LogP contribution is 2.30. The lowest BCUT2D eigenvalue weighted by Gasteiger charge is -2.16. The van der Waals surface area contributed by atoms with Crippen molar-refractivity contribution in [3.05, 3.63) is 23.9 Å². The summed E-state index contributed by atoms with van der Waals surface area (Å²) in [7, 11) is 0. The lowest BCUT2D eigenvalue weighted by Crippen LogP contribution is -2.27. The van der Waals surface area contributed by atoms with Crippen molar-refractivity contribution in [2.24, 2.45) is 0 Å². The molecule has 1 saturated carbocycles. The lowest BCUT2D eigenvalue weighted by atomic mass is 10.2. The molecule has 1 N–H and O–H groups in total. The third-order valence-corrected chi connectivity index (χ3v) is 3.55. The molecule has 0 amide bonds. The Bertz CT molecular complexity index is 356. The predicted molar refractivity (Wildman–Crippen MR) is 65.6 cm³/mol. The van der Waals surface area contributed by atoms with E-state index in [4.69, 9.17) is 0 Å². The number of hydrogen-bond donors (Lipinski definition) is 1. The normalized spacial score (nSPS) is 25.9. The molecule has 1 atom stereocenters. The average molecular weight is 217 g/mol. The van der Waals surface area contributed by atoms with E-state index in [0.717, 1.165) is 11.9 Å². The first-order valence-corrected chi connectivity index (χ1v) is 6.24. The Hall–Kier alpha value is -1.09. The van der Waals surface area contributed by atoms with Gasteiger partial charge in [0.1, 0.15) is 5.82 Å². The van der Waals surface area contributed by atoms with E-state index in [1.54, 1.807) is 0 Å². The van der Waals surface area contributed by atoms with Crippen molar-refractivity contribution in [1.29, 1.82) is 0 Å². The largest absolute Gasteiger partial charge is 0.366 e. The van der Waals surface area contributed by atoms with Crippen LogP contribution < -0.4 is 5.32 Å². The molecule has 86 valence electrons. The van der Waals surface area contributed by atoms with Gasteiger partial charge in [-0.2, -0.15) is 0 Å². The molecule has 0 spiro atoms. The fourth-order valence-electron chi connectivity index (χ4n) is 2.44. The molecule has 0 radical (unpaired) electrons. The maximum Gasteiger partial charge on any atom is 0.126 e. The SMILES string of the molecule is Cc1ccc(NC2CCN(C3CC3)C2)nc1. The summed E-state index contributed by atoms with van der Waals surface area (Å²) in [5.74, 6) is 1.02. The molecule has 16 heavy (non-hydrogen) atoms. The van der Waals surface area contributed by atoms with Crippen LogP contribution in [0.4, 0.5) is 5.82 Å². The Labute approximate surface area is 96.9 Å². The van der Waals surface area contributed by atoms with E-state index in [1.807, 2.05) is 6.20 Å². The Morgan fingerprint density at radius 3 is 2.88 bits per heavy atom. The minimum Gasteiger partial charge on any atom is -0.366 e. The van der Waals surface area contributed by atoms with E-state index in [-0.39, 0.29) is 0 Å². The molecule has 3 heteroatoms. The molecule has 0 bridgehead atoms. The Kier molecular flexibility index (Phi) is 2.56. The van der Waals surface area contributed by atoms with Crippen molar-refractivity contribution < 1.29 is 0 Å². The molecule has 2 fully saturated rings. The van der Waals surface area contributed by atoms with Crippen LogP contribution in [-0.2, 0) is 0 Å². The maximum absolute atomic E-state index is 4.40. The summed E-state index contributed by atoms with van der Waals surface area (Å²) in [4.78, 5) is 7.01. The number of likely N-dealkylation sites (tertiary alicyclic amines) is 1. The lowest BCUT2D eigenvalue weighted by molar-refractivity contribution is 0.326. The van der Waals surface area contributed by atoms with Gasteiger partial charge in [0.15, 0.2) is 0 Å². The van der Waals surface area contributed by atoms with Crippen LogP contribution in [0.2, 0.25) is 0 Å². The number of nitrogens with one attached hydrogen (secondary N) is 1. The van der Waals surface area contributed by atoms with E-state index in [2.05, 4.69) is 34.3 Å². The zero-order valence-corrected chi connectivity index (χ0v) is 9.82. The van der Waals surface area contributed by atoms with Crippen LogP contribution in [0.1, 0.15) is 24.8 Å². The Balaban J connectivity index is 1.57. The molecule has 0 aromatic carbocycles. The number of rotatable bonds is 3.